The minimum atomic E-state index is -0.215. The number of rotatable bonds is 9. The Balaban J connectivity index is 0.00000400. The molecule has 0 spiro atoms. The van der Waals surface area contributed by atoms with Gasteiger partial charge in [0, 0.05) is 12.1 Å². The second-order valence-corrected chi connectivity index (χ2v) is 4.64. The lowest BCUT2D eigenvalue weighted by atomic mass is 10.1. The molecule has 5 nitrogen and oxygen atoms in total. The number of halogens is 1. The Hall–Kier alpha value is -1.59. The molecular formula is C15H24ClN3O2. The van der Waals surface area contributed by atoms with E-state index in [9.17, 15) is 9.59 Å². The van der Waals surface area contributed by atoms with Gasteiger partial charge in [0.15, 0.2) is 0 Å². The van der Waals surface area contributed by atoms with Crippen molar-refractivity contribution >= 4 is 29.9 Å². The third-order valence-corrected chi connectivity index (χ3v) is 2.86. The number of carbonyl (C=O) groups is 2. The Morgan fingerprint density at radius 3 is 2.29 bits per heavy atom. The summed E-state index contributed by atoms with van der Waals surface area (Å²) in [7, 11) is 0. The third kappa shape index (κ3) is 9.87. The second kappa shape index (κ2) is 12.2. The number of hydrogen-bond donors (Lipinski definition) is 3. The molecule has 0 aliphatic heterocycles. The van der Waals surface area contributed by atoms with E-state index in [0.29, 0.717) is 13.0 Å². The molecular weight excluding hydrogens is 290 g/mol. The van der Waals surface area contributed by atoms with Crippen molar-refractivity contribution < 1.29 is 9.59 Å². The van der Waals surface area contributed by atoms with Gasteiger partial charge in [0.2, 0.25) is 11.8 Å². The summed E-state index contributed by atoms with van der Waals surface area (Å²) in [5, 5.41) is 5.33. The molecule has 118 valence electrons. The van der Waals surface area contributed by atoms with Crippen LogP contribution in [0.5, 0.6) is 0 Å². The van der Waals surface area contributed by atoms with Crippen molar-refractivity contribution in [2.24, 2.45) is 5.73 Å². The van der Waals surface area contributed by atoms with Crippen LogP contribution in [0.2, 0.25) is 0 Å². The maximum absolute atomic E-state index is 11.6. The maximum atomic E-state index is 11.6. The Morgan fingerprint density at radius 2 is 1.62 bits per heavy atom. The standard InChI is InChI=1S/C15H23N3O2.ClH/c16-11-7-2-1-6-10-14(19)17-12-15(20)18-13-8-4-3-5-9-13;/h3-5,8-9H,1-2,6-7,10-12,16H2,(H,17,19)(H,18,20);1H. The van der Waals surface area contributed by atoms with Crippen LogP contribution in [0.15, 0.2) is 30.3 Å². The topological polar surface area (TPSA) is 84.2 Å². The van der Waals surface area contributed by atoms with Crippen LogP contribution < -0.4 is 16.4 Å². The van der Waals surface area contributed by atoms with Crippen LogP contribution >= 0.6 is 12.4 Å². The van der Waals surface area contributed by atoms with Crippen molar-refractivity contribution in [2.75, 3.05) is 18.4 Å². The average molecular weight is 314 g/mol. The van der Waals surface area contributed by atoms with Crippen LogP contribution in [0.1, 0.15) is 32.1 Å². The molecule has 0 aliphatic rings. The van der Waals surface area contributed by atoms with E-state index in [1.807, 2.05) is 18.2 Å². The first-order valence-corrected chi connectivity index (χ1v) is 7.04. The number of nitrogens with two attached hydrogens (primary N) is 1. The van der Waals surface area contributed by atoms with Gasteiger partial charge in [-0.15, -0.1) is 12.4 Å². The van der Waals surface area contributed by atoms with Crippen molar-refractivity contribution in [1.82, 2.24) is 5.32 Å². The van der Waals surface area contributed by atoms with Crippen LogP contribution in [0, 0.1) is 0 Å². The van der Waals surface area contributed by atoms with E-state index in [4.69, 9.17) is 5.73 Å². The minimum Gasteiger partial charge on any atom is -0.347 e. The third-order valence-electron chi connectivity index (χ3n) is 2.86. The van der Waals surface area contributed by atoms with Gasteiger partial charge in [-0.3, -0.25) is 9.59 Å². The second-order valence-electron chi connectivity index (χ2n) is 4.64. The average Bonchev–Trinajstić information content (AvgIpc) is 2.46. The first-order chi connectivity index (χ1) is 9.72. The minimum absolute atomic E-state index is 0. The zero-order valence-corrected chi connectivity index (χ0v) is 13.0. The van der Waals surface area contributed by atoms with E-state index in [1.165, 1.54) is 0 Å². The molecule has 0 fully saturated rings. The molecule has 1 aromatic rings. The Labute approximate surface area is 132 Å². The molecule has 21 heavy (non-hydrogen) atoms. The first-order valence-electron chi connectivity index (χ1n) is 7.04. The molecule has 0 aliphatic carbocycles. The summed E-state index contributed by atoms with van der Waals surface area (Å²) in [6.07, 6.45) is 4.36. The highest BCUT2D eigenvalue weighted by molar-refractivity contribution is 5.94. The molecule has 1 aromatic carbocycles. The molecule has 0 saturated carbocycles. The monoisotopic (exact) mass is 313 g/mol. The van der Waals surface area contributed by atoms with Gasteiger partial charge >= 0.3 is 0 Å². The summed E-state index contributed by atoms with van der Waals surface area (Å²) in [5.41, 5.74) is 6.12. The number of amides is 2. The summed E-state index contributed by atoms with van der Waals surface area (Å²) in [5.74, 6) is -0.298. The predicted molar refractivity (Wildman–Crippen MR) is 87.5 cm³/mol. The highest BCUT2D eigenvalue weighted by atomic mass is 35.5. The Kier molecular flexibility index (Phi) is 11.3. The van der Waals surface area contributed by atoms with Crippen molar-refractivity contribution in [3.8, 4) is 0 Å². The summed E-state index contributed by atoms with van der Waals surface area (Å²) in [4.78, 5) is 23.1. The van der Waals surface area contributed by atoms with E-state index < -0.39 is 0 Å². The van der Waals surface area contributed by atoms with E-state index >= 15 is 0 Å². The summed E-state index contributed by atoms with van der Waals surface area (Å²) >= 11 is 0. The van der Waals surface area contributed by atoms with Crippen LogP contribution in [0.4, 0.5) is 5.69 Å². The van der Waals surface area contributed by atoms with E-state index in [1.54, 1.807) is 12.1 Å². The molecule has 0 heterocycles. The number of anilines is 1. The molecule has 1 rings (SSSR count). The number of nitrogens with one attached hydrogen (secondary N) is 2. The quantitative estimate of drug-likeness (QED) is 0.610. The lowest BCUT2D eigenvalue weighted by Gasteiger charge is -2.06. The smallest absolute Gasteiger partial charge is 0.243 e. The van der Waals surface area contributed by atoms with Gasteiger partial charge in [0.05, 0.1) is 6.54 Å². The highest BCUT2D eigenvalue weighted by Gasteiger charge is 2.05. The zero-order chi connectivity index (χ0) is 14.6. The molecule has 2 amide bonds. The van der Waals surface area contributed by atoms with Crippen LogP contribution in [0.3, 0.4) is 0 Å². The highest BCUT2D eigenvalue weighted by Crippen LogP contribution is 2.04. The van der Waals surface area contributed by atoms with E-state index in [0.717, 1.165) is 31.4 Å². The normalized spacial score (nSPS) is 9.57. The maximum Gasteiger partial charge on any atom is 0.243 e. The fourth-order valence-corrected chi connectivity index (χ4v) is 1.78. The van der Waals surface area contributed by atoms with Gasteiger partial charge in [-0.1, -0.05) is 31.0 Å². The van der Waals surface area contributed by atoms with E-state index in [-0.39, 0.29) is 30.8 Å². The van der Waals surface area contributed by atoms with Crippen LogP contribution in [0.25, 0.3) is 0 Å². The van der Waals surface area contributed by atoms with Crippen LogP contribution in [-0.2, 0) is 9.59 Å². The summed E-state index contributed by atoms with van der Waals surface area (Å²) in [6.45, 7) is 0.711. The number of para-hydroxylation sites is 1. The van der Waals surface area contributed by atoms with Gasteiger partial charge in [-0.05, 0) is 31.5 Å². The zero-order valence-electron chi connectivity index (χ0n) is 12.1. The van der Waals surface area contributed by atoms with Gasteiger partial charge in [-0.25, -0.2) is 0 Å². The lowest BCUT2D eigenvalue weighted by Crippen LogP contribution is -2.32. The van der Waals surface area contributed by atoms with Crippen LogP contribution in [-0.4, -0.2) is 24.9 Å². The van der Waals surface area contributed by atoms with Gasteiger partial charge in [-0.2, -0.15) is 0 Å². The van der Waals surface area contributed by atoms with Gasteiger partial charge in [0.1, 0.15) is 0 Å². The summed E-state index contributed by atoms with van der Waals surface area (Å²) in [6, 6.07) is 9.17. The number of unbranched alkanes of at least 4 members (excludes halogenated alkanes) is 3. The van der Waals surface area contributed by atoms with Gasteiger partial charge < -0.3 is 16.4 Å². The van der Waals surface area contributed by atoms with Crippen molar-refractivity contribution in [1.29, 1.82) is 0 Å². The van der Waals surface area contributed by atoms with E-state index in [2.05, 4.69) is 10.6 Å². The number of benzene rings is 1. The molecule has 0 aromatic heterocycles. The fraction of sp³-hybridized carbons (Fsp3) is 0.467. The Morgan fingerprint density at radius 1 is 0.952 bits per heavy atom. The summed E-state index contributed by atoms with van der Waals surface area (Å²) < 4.78 is 0. The number of hydrogen-bond acceptors (Lipinski definition) is 3. The van der Waals surface area contributed by atoms with Crippen molar-refractivity contribution in [3.05, 3.63) is 30.3 Å². The predicted octanol–water partition coefficient (Wildman–Crippen LogP) is 2.07. The fourth-order valence-electron chi connectivity index (χ4n) is 1.78. The largest absolute Gasteiger partial charge is 0.347 e. The molecule has 4 N–H and O–H groups in total. The molecule has 0 radical (unpaired) electrons. The van der Waals surface area contributed by atoms with Gasteiger partial charge in [0.25, 0.3) is 0 Å². The lowest BCUT2D eigenvalue weighted by molar-refractivity contribution is -0.124. The molecule has 0 atom stereocenters. The molecule has 0 unspecified atom stereocenters. The Bertz CT molecular complexity index is 413. The first kappa shape index (κ1) is 19.4. The van der Waals surface area contributed by atoms with Crippen molar-refractivity contribution in [2.45, 2.75) is 32.1 Å². The molecule has 6 heteroatoms. The SMILES string of the molecule is Cl.NCCCCCCC(=O)NCC(=O)Nc1ccccc1. The molecule has 0 saturated heterocycles. The number of carbonyl (C=O) groups excluding carboxylic acids is 2. The molecule has 0 bridgehead atoms. The van der Waals surface area contributed by atoms with Crippen molar-refractivity contribution in [3.63, 3.8) is 0 Å².